The predicted octanol–water partition coefficient (Wildman–Crippen LogP) is 4.74. The molecule has 0 amide bonds. The van der Waals surface area contributed by atoms with Gasteiger partial charge in [-0.1, -0.05) is 35.3 Å². The van der Waals surface area contributed by atoms with E-state index in [-0.39, 0.29) is 45.5 Å². The lowest BCUT2D eigenvalue weighted by atomic mass is 9.90. The molecule has 28 heavy (non-hydrogen) atoms. The van der Waals surface area contributed by atoms with E-state index in [9.17, 15) is 17.6 Å². The van der Waals surface area contributed by atoms with Gasteiger partial charge >= 0.3 is 0 Å². The molecule has 0 bridgehead atoms. The van der Waals surface area contributed by atoms with Crippen LogP contribution in [0.4, 0.5) is 4.39 Å². The first-order valence-corrected chi connectivity index (χ1v) is 11.2. The van der Waals surface area contributed by atoms with Crippen molar-refractivity contribution >= 4 is 39.0 Å². The van der Waals surface area contributed by atoms with Crippen molar-refractivity contribution in [1.29, 1.82) is 0 Å². The minimum absolute atomic E-state index is 0.0612. The zero-order valence-electron chi connectivity index (χ0n) is 15.1. The zero-order valence-corrected chi connectivity index (χ0v) is 17.4. The summed E-state index contributed by atoms with van der Waals surface area (Å²) >= 11 is 11.8. The minimum atomic E-state index is -3.70. The number of aryl methyl sites for hydroxylation is 1. The van der Waals surface area contributed by atoms with Crippen LogP contribution in [-0.4, -0.2) is 31.6 Å². The molecule has 0 aromatic heterocycles. The van der Waals surface area contributed by atoms with Gasteiger partial charge in [0.05, 0.1) is 4.90 Å². The number of Topliss-reactive ketones (excluding diaryl/α,β-unsaturated/α-hetero) is 1. The fourth-order valence-electron chi connectivity index (χ4n) is 3.37. The average Bonchev–Trinajstić information content (AvgIpc) is 2.66. The number of nitrogens with zero attached hydrogens (tertiary/aromatic N) is 1. The number of ketones is 1. The highest BCUT2D eigenvalue weighted by Gasteiger charge is 2.32. The van der Waals surface area contributed by atoms with Crippen LogP contribution in [0.5, 0.6) is 0 Å². The number of halogens is 3. The van der Waals surface area contributed by atoms with E-state index in [1.54, 1.807) is 12.1 Å². The standard InChI is InChI=1S/C20H20Cl2FNO3S/c21-16-11-17(22)13-19(12-16)28(26,27)24-9-7-15(8-10-24)20(25)6-3-14-1-4-18(23)5-2-14/h1-2,4-5,11-13,15H,3,6-10H2. The summed E-state index contributed by atoms with van der Waals surface area (Å²) in [6.07, 6.45) is 1.89. The van der Waals surface area contributed by atoms with Crippen LogP contribution in [0.3, 0.4) is 0 Å². The molecule has 4 nitrogen and oxygen atoms in total. The molecular weight excluding hydrogens is 424 g/mol. The van der Waals surface area contributed by atoms with Crippen molar-refractivity contribution < 1.29 is 17.6 Å². The Morgan fingerprint density at radius 1 is 1.04 bits per heavy atom. The summed E-state index contributed by atoms with van der Waals surface area (Å²) in [5.74, 6) is -0.341. The molecule has 1 heterocycles. The summed E-state index contributed by atoms with van der Waals surface area (Å²) in [6, 6.07) is 10.3. The molecule has 150 valence electrons. The van der Waals surface area contributed by atoms with Gasteiger partial charge in [0.1, 0.15) is 11.6 Å². The van der Waals surface area contributed by atoms with Gasteiger partial charge in [-0.2, -0.15) is 4.31 Å². The number of carbonyl (C=O) groups excluding carboxylic acids is 1. The molecule has 2 aromatic carbocycles. The molecular formula is C20H20Cl2FNO3S. The van der Waals surface area contributed by atoms with Gasteiger partial charge in [0, 0.05) is 35.5 Å². The maximum absolute atomic E-state index is 12.9. The Hall–Kier alpha value is -1.47. The van der Waals surface area contributed by atoms with Crippen LogP contribution in [-0.2, 0) is 21.2 Å². The zero-order chi connectivity index (χ0) is 20.3. The predicted molar refractivity (Wildman–Crippen MR) is 108 cm³/mol. The summed E-state index contributed by atoms with van der Waals surface area (Å²) in [5.41, 5.74) is 0.910. The van der Waals surface area contributed by atoms with E-state index >= 15 is 0 Å². The minimum Gasteiger partial charge on any atom is -0.299 e. The molecule has 0 unspecified atom stereocenters. The van der Waals surface area contributed by atoms with E-state index in [2.05, 4.69) is 0 Å². The Bertz CT molecular complexity index is 936. The number of piperidine rings is 1. The number of benzene rings is 2. The van der Waals surface area contributed by atoms with Crippen molar-refractivity contribution in [2.45, 2.75) is 30.6 Å². The Morgan fingerprint density at radius 2 is 1.61 bits per heavy atom. The third-order valence-electron chi connectivity index (χ3n) is 4.96. The van der Waals surface area contributed by atoms with Gasteiger partial charge in [-0.15, -0.1) is 0 Å². The molecule has 0 aliphatic carbocycles. The highest BCUT2D eigenvalue weighted by atomic mass is 35.5. The number of carbonyl (C=O) groups is 1. The Kier molecular flexibility index (Phi) is 6.76. The topological polar surface area (TPSA) is 54.5 Å². The number of hydrogen-bond donors (Lipinski definition) is 0. The first kappa shape index (κ1) is 21.2. The second-order valence-corrected chi connectivity index (χ2v) is 9.69. The third kappa shape index (κ3) is 5.11. The Labute approximate surface area is 174 Å². The maximum Gasteiger partial charge on any atom is 0.243 e. The molecule has 0 spiro atoms. The van der Waals surface area contributed by atoms with Crippen LogP contribution < -0.4 is 0 Å². The van der Waals surface area contributed by atoms with Gasteiger partial charge in [0.2, 0.25) is 10.0 Å². The van der Waals surface area contributed by atoms with Crippen molar-refractivity contribution in [2.24, 2.45) is 5.92 Å². The van der Waals surface area contributed by atoms with E-state index in [1.807, 2.05) is 0 Å². The van der Waals surface area contributed by atoms with Crippen molar-refractivity contribution in [1.82, 2.24) is 4.31 Å². The first-order valence-electron chi connectivity index (χ1n) is 8.99. The largest absolute Gasteiger partial charge is 0.299 e. The number of rotatable bonds is 6. The smallest absolute Gasteiger partial charge is 0.243 e. The molecule has 0 atom stereocenters. The summed E-state index contributed by atoms with van der Waals surface area (Å²) in [4.78, 5) is 12.5. The second-order valence-electron chi connectivity index (χ2n) is 6.88. The van der Waals surface area contributed by atoms with Crippen LogP contribution >= 0.6 is 23.2 Å². The third-order valence-corrected chi connectivity index (χ3v) is 7.27. The molecule has 0 radical (unpaired) electrons. The molecule has 1 aliphatic rings. The highest BCUT2D eigenvalue weighted by Crippen LogP contribution is 2.28. The van der Waals surface area contributed by atoms with Gasteiger partial charge in [0.15, 0.2) is 0 Å². The van der Waals surface area contributed by atoms with Crippen LogP contribution in [0.15, 0.2) is 47.4 Å². The van der Waals surface area contributed by atoms with Gasteiger partial charge in [-0.3, -0.25) is 4.79 Å². The average molecular weight is 444 g/mol. The van der Waals surface area contributed by atoms with Crippen molar-refractivity contribution in [3.8, 4) is 0 Å². The summed E-state index contributed by atoms with van der Waals surface area (Å²) in [6.45, 7) is 0.554. The van der Waals surface area contributed by atoms with Gasteiger partial charge in [0.25, 0.3) is 0 Å². The molecule has 0 N–H and O–H groups in total. The Morgan fingerprint density at radius 3 is 2.18 bits per heavy atom. The first-order chi connectivity index (χ1) is 13.3. The SMILES string of the molecule is O=C(CCc1ccc(F)cc1)C1CCN(S(=O)(=O)c2cc(Cl)cc(Cl)c2)CC1. The monoisotopic (exact) mass is 443 g/mol. The van der Waals surface area contributed by atoms with Crippen LogP contribution in [0.1, 0.15) is 24.8 Å². The molecule has 0 saturated carbocycles. The van der Waals surface area contributed by atoms with Gasteiger partial charge in [-0.05, 0) is 55.2 Å². The van der Waals surface area contributed by atoms with E-state index in [4.69, 9.17) is 23.2 Å². The Balaban J connectivity index is 1.57. The van der Waals surface area contributed by atoms with Crippen molar-refractivity contribution in [2.75, 3.05) is 13.1 Å². The number of sulfonamides is 1. The van der Waals surface area contributed by atoms with E-state index < -0.39 is 10.0 Å². The lowest BCUT2D eigenvalue weighted by Crippen LogP contribution is -2.40. The highest BCUT2D eigenvalue weighted by molar-refractivity contribution is 7.89. The second kappa shape index (κ2) is 8.91. The van der Waals surface area contributed by atoms with Crippen molar-refractivity contribution in [3.05, 3.63) is 63.9 Å². The summed E-state index contributed by atoms with van der Waals surface area (Å²) < 4.78 is 39.9. The normalized spacial score (nSPS) is 16.2. The van der Waals surface area contributed by atoms with E-state index in [1.165, 1.54) is 34.6 Å². The van der Waals surface area contributed by atoms with Crippen LogP contribution in [0.25, 0.3) is 0 Å². The molecule has 8 heteroatoms. The van der Waals surface area contributed by atoms with Crippen LogP contribution in [0, 0.1) is 11.7 Å². The lowest BCUT2D eigenvalue weighted by molar-refractivity contribution is -0.123. The lowest BCUT2D eigenvalue weighted by Gasteiger charge is -2.30. The summed E-state index contributed by atoms with van der Waals surface area (Å²) in [5, 5.41) is 0.522. The molecule has 2 aromatic rings. The van der Waals surface area contributed by atoms with E-state index in [0.29, 0.717) is 25.7 Å². The van der Waals surface area contributed by atoms with E-state index in [0.717, 1.165) is 5.56 Å². The molecule has 1 fully saturated rings. The molecule has 1 aliphatic heterocycles. The molecule has 3 rings (SSSR count). The quantitative estimate of drug-likeness (QED) is 0.647. The van der Waals surface area contributed by atoms with Crippen molar-refractivity contribution in [3.63, 3.8) is 0 Å². The van der Waals surface area contributed by atoms with Gasteiger partial charge in [-0.25, -0.2) is 12.8 Å². The number of hydrogen-bond acceptors (Lipinski definition) is 3. The van der Waals surface area contributed by atoms with Gasteiger partial charge < -0.3 is 0 Å². The fraction of sp³-hybridized carbons (Fsp3) is 0.350. The molecule has 1 saturated heterocycles. The fourth-order valence-corrected chi connectivity index (χ4v) is 5.56. The summed E-state index contributed by atoms with van der Waals surface area (Å²) in [7, 11) is -3.70. The van der Waals surface area contributed by atoms with Crippen LogP contribution in [0.2, 0.25) is 10.0 Å². The maximum atomic E-state index is 12.9.